The number of fused-ring (bicyclic) bond motifs is 1. The zero-order valence-electron chi connectivity index (χ0n) is 22.5. The summed E-state index contributed by atoms with van der Waals surface area (Å²) in [4.78, 5) is 28.4. The number of likely N-dealkylation sites (tertiary alicyclic amines) is 1. The van der Waals surface area contributed by atoms with Gasteiger partial charge in [0.05, 0.1) is 18.2 Å². The Morgan fingerprint density at radius 1 is 1.07 bits per heavy atom. The third kappa shape index (κ3) is 5.74. The number of carbonyl (C=O) groups is 1. The number of hydrogen-bond acceptors (Lipinski definition) is 6. The van der Waals surface area contributed by atoms with Gasteiger partial charge in [0.1, 0.15) is 5.75 Å². The molecular formula is C30H29F2N7O2. The Kier molecular flexibility index (Phi) is 7.32. The van der Waals surface area contributed by atoms with Crippen LogP contribution in [-0.2, 0) is 6.54 Å². The van der Waals surface area contributed by atoms with Gasteiger partial charge in [-0.15, -0.1) is 0 Å². The minimum absolute atomic E-state index is 0.0539. The zero-order chi connectivity index (χ0) is 28.3. The molecule has 41 heavy (non-hydrogen) atoms. The van der Waals surface area contributed by atoms with Crippen molar-refractivity contribution in [3.05, 3.63) is 90.9 Å². The van der Waals surface area contributed by atoms with Crippen LogP contribution in [0.4, 0.5) is 20.3 Å². The normalized spacial score (nSPS) is 14.1. The molecule has 0 unspecified atom stereocenters. The lowest BCUT2D eigenvalue weighted by molar-refractivity contribution is -0.0498. The van der Waals surface area contributed by atoms with E-state index in [1.807, 2.05) is 46.9 Å². The third-order valence-corrected chi connectivity index (χ3v) is 7.45. The van der Waals surface area contributed by atoms with E-state index in [0.717, 1.165) is 55.0 Å². The number of ether oxygens (including phenoxy) is 1. The highest BCUT2D eigenvalue weighted by atomic mass is 19.3. The maximum absolute atomic E-state index is 13.3. The minimum atomic E-state index is -2.87. The molecule has 1 fully saturated rings. The molecule has 1 amide bonds. The first-order valence-electron chi connectivity index (χ1n) is 13.4. The number of rotatable bonds is 8. The van der Waals surface area contributed by atoms with Gasteiger partial charge in [-0.1, -0.05) is 0 Å². The van der Waals surface area contributed by atoms with Gasteiger partial charge in [-0.2, -0.15) is 8.78 Å². The molecule has 210 valence electrons. The predicted octanol–water partition coefficient (Wildman–Crippen LogP) is 5.80. The minimum Gasteiger partial charge on any atom is -0.435 e. The Hall–Kier alpha value is -4.80. The molecule has 0 bridgehead atoms. The second kappa shape index (κ2) is 11.4. The first-order chi connectivity index (χ1) is 19.9. The van der Waals surface area contributed by atoms with Crippen molar-refractivity contribution in [3.63, 3.8) is 0 Å². The summed E-state index contributed by atoms with van der Waals surface area (Å²) >= 11 is 0. The van der Waals surface area contributed by atoms with Crippen LogP contribution < -0.4 is 10.1 Å². The number of aromatic nitrogens is 5. The average Bonchev–Trinajstić information content (AvgIpc) is 3.64. The number of piperidine rings is 1. The molecule has 0 saturated carbocycles. The van der Waals surface area contributed by atoms with E-state index in [1.54, 1.807) is 36.9 Å². The van der Waals surface area contributed by atoms with Crippen molar-refractivity contribution >= 4 is 23.1 Å². The quantitative estimate of drug-likeness (QED) is 0.260. The van der Waals surface area contributed by atoms with E-state index in [4.69, 9.17) is 0 Å². The van der Waals surface area contributed by atoms with Gasteiger partial charge in [0.15, 0.2) is 11.5 Å². The number of imidazole rings is 2. The fraction of sp³-hybridized carbons (Fsp3) is 0.267. The van der Waals surface area contributed by atoms with E-state index < -0.39 is 6.61 Å². The van der Waals surface area contributed by atoms with Crippen LogP contribution in [0.2, 0.25) is 0 Å². The highest BCUT2D eigenvalue weighted by Crippen LogP contribution is 2.28. The second-order valence-electron chi connectivity index (χ2n) is 10.2. The van der Waals surface area contributed by atoms with E-state index in [-0.39, 0.29) is 11.7 Å². The van der Waals surface area contributed by atoms with Crippen LogP contribution in [0.5, 0.6) is 5.75 Å². The summed E-state index contributed by atoms with van der Waals surface area (Å²) in [5.41, 5.74) is 4.53. The number of aryl methyl sites for hydroxylation is 1. The van der Waals surface area contributed by atoms with Gasteiger partial charge in [-0.3, -0.25) is 9.20 Å². The van der Waals surface area contributed by atoms with E-state index in [1.165, 1.54) is 12.1 Å². The second-order valence-corrected chi connectivity index (χ2v) is 10.2. The monoisotopic (exact) mass is 557 g/mol. The number of nitrogens with one attached hydrogen (secondary N) is 1. The topological polar surface area (TPSA) is 89.6 Å². The number of nitrogens with zero attached hydrogens (tertiary/aromatic N) is 6. The van der Waals surface area contributed by atoms with Gasteiger partial charge in [0.25, 0.3) is 5.91 Å². The summed E-state index contributed by atoms with van der Waals surface area (Å²) < 4.78 is 33.4. The van der Waals surface area contributed by atoms with Crippen molar-refractivity contribution in [1.29, 1.82) is 0 Å². The largest absolute Gasteiger partial charge is 0.435 e. The van der Waals surface area contributed by atoms with Crippen molar-refractivity contribution in [3.8, 4) is 17.0 Å². The van der Waals surface area contributed by atoms with Gasteiger partial charge in [0.2, 0.25) is 0 Å². The molecule has 0 aliphatic carbocycles. The number of anilines is 2. The Morgan fingerprint density at radius 3 is 2.59 bits per heavy atom. The molecule has 0 radical (unpaired) electrons. The van der Waals surface area contributed by atoms with Crippen LogP contribution in [0.3, 0.4) is 0 Å². The summed E-state index contributed by atoms with van der Waals surface area (Å²) in [5.74, 6) is 1.24. The number of amides is 1. The molecule has 2 aromatic carbocycles. The maximum Gasteiger partial charge on any atom is 0.387 e. The van der Waals surface area contributed by atoms with E-state index >= 15 is 0 Å². The Morgan fingerprint density at radius 2 is 1.88 bits per heavy atom. The smallest absolute Gasteiger partial charge is 0.387 e. The average molecular weight is 558 g/mol. The highest BCUT2D eigenvalue weighted by molar-refractivity contribution is 5.96. The first kappa shape index (κ1) is 26.4. The number of halogens is 2. The van der Waals surface area contributed by atoms with Crippen LogP contribution in [0.25, 0.3) is 16.9 Å². The lowest BCUT2D eigenvalue weighted by Crippen LogP contribution is -2.39. The highest BCUT2D eigenvalue weighted by Gasteiger charge is 2.25. The van der Waals surface area contributed by atoms with Gasteiger partial charge < -0.3 is 19.5 Å². The fourth-order valence-corrected chi connectivity index (χ4v) is 5.33. The molecule has 1 saturated heterocycles. The molecule has 5 aromatic rings. The summed E-state index contributed by atoms with van der Waals surface area (Å²) in [6, 6.07) is 12.1. The van der Waals surface area contributed by atoms with Crippen molar-refractivity contribution in [2.24, 2.45) is 5.92 Å². The van der Waals surface area contributed by atoms with Crippen LogP contribution in [0.15, 0.2) is 79.8 Å². The Balaban J connectivity index is 1.14. The summed E-state index contributed by atoms with van der Waals surface area (Å²) in [6.07, 6.45) is 12.7. The number of hydrogen-bond donors (Lipinski definition) is 1. The van der Waals surface area contributed by atoms with Crippen LogP contribution in [0, 0.1) is 12.8 Å². The lowest BCUT2D eigenvalue weighted by Gasteiger charge is -2.32. The molecule has 4 heterocycles. The molecule has 1 N–H and O–H groups in total. The molecule has 3 aromatic heterocycles. The third-order valence-electron chi connectivity index (χ3n) is 7.45. The summed E-state index contributed by atoms with van der Waals surface area (Å²) in [5, 5.41) is 3.33. The van der Waals surface area contributed by atoms with Gasteiger partial charge >= 0.3 is 6.61 Å². The van der Waals surface area contributed by atoms with Crippen LogP contribution in [0.1, 0.15) is 28.8 Å². The number of alkyl halides is 2. The fourth-order valence-electron chi connectivity index (χ4n) is 5.33. The predicted molar refractivity (Wildman–Crippen MR) is 150 cm³/mol. The summed E-state index contributed by atoms with van der Waals surface area (Å²) in [6.45, 7) is 1.49. The van der Waals surface area contributed by atoms with Gasteiger partial charge in [-0.25, -0.2) is 15.0 Å². The number of carbonyl (C=O) groups excluding carboxylic acids is 1. The van der Waals surface area contributed by atoms with Gasteiger partial charge in [-0.05, 0) is 73.7 Å². The Bertz CT molecular complexity index is 1640. The lowest BCUT2D eigenvalue weighted by atomic mass is 9.95. The molecule has 1 aliphatic rings. The molecular weight excluding hydrogens is 528 g/mol. The molecule has 0 spiro atoms. The van der Waals surface area contributed by atoms with Crippen LogP contribution in [-0.4, -0.2) is 54.4 Å². The molecule has 9 nitrogen and oxygen atoms in total. The SMILES string of the molecule is Cc1cc(Nc2nccn3c(-c4ccc(OC(F)F)cc4)cnc23)ccc1C(=O)N1CCC(Cn2ccnc2)CC1. The first-order valence-corrected chi connectivity index (χ1v) is 13.4. The molecule has 0 atom stereocenters. The van der Waals surface area contributed by atoms with E-state index in [9.17, 15) is 13.6 Å². The molecule has 6 rings (SSSR count). The molecule has 1 aliphatic heterocycles. The molecule has 11 heteroatoms. The van der Waals surface area contributed by atoms with Crippen molar-refractivity contribution in [2.75, 3.05) is 18.4 Å². The maximum atomic E-state index is 13.3. The van der Waals surface area contributed by atoms with Crippen molar-refractivity contribution < 1.29 is 18.3 Å². The summed E-state index contributed by atoms with van der Waals surface area (Å²) in [7, 11) is 0. The van der Waals surface area contributed by atoms with Crippen LogP contribution >= 0.6 is 0 Å². The zero-order valence-corrected chi connectivity index (χ0v) is 22.5. The number of benzene rings is 2. The van der Waals surface area contributed by atoms with E-state index in [0.29, 0.717) is 22.9 Å². The van der Waals surface area contributed by atoms with Crippen molar-refractivity contribution in [2.45, 2.75) is 32.9 Å². The van der Waals surface area contributed by atoms with Crippen molar-refractivity contribution in [1.82, 2.24) is 28.8 Å². The standard InChI is InChI=1S/C30H29F2N7O2/c1-20-16-23(4-7-25(20)29(40)38-12-8-21(9-13-38)18-37-14-10-33-19-37)36-27-28-35-17-26(39(28)15-11-34-27)22-2-5-24(6-3-22)41-30(31)32/h2-7,10-11,14-17,19,21,30H,8-9,12-13,18H2,1H3,(H,34,36). The van der Waals surface area contributed by atoms with E-state index in [2.05, 4.69) is 29.6 Å². The Labute approximate surface area is 235 Å². The van der Waals surface area contributed by atoms with Gasteiger partial charge in [0, 0.05) is 61.2 Å².